The molecule has 1 saturated carbocycles. The van der Waals surface area contributed by atoms with Crippen LogP contribution in [0.5, 0.6) is 5.75 Å². The van der Waals surface area contributed by atoms with Crippen molar-refractivity contribution < 1.29 is 34.4 Å². The highest BCUT2D eigenvalue weighted by molar-refractivity contribution is 5.91. The SMILES string of the molecule is CC[C@]1(O)C[C@H]2C[C@H](c3cc4c(cc3OC)N[C@H]3[C@@](O)(C(=O)NN)[C@H](O)[C@]5(CC)C=CCN6CC[C@]43[C@@H]65)[C@H](C(=O)OC)c3[nH]c4ccccc4c3CCN(C2)C1. The zero-order chi connectivity index (χ0) is 39.4. The highest BCUT2D eigenvalue weighted by Gasteiger charge is 2.77. The average molecular weight is 769 g/mol. The Morgan fingerprint density at radius 2 is 1.91 bits per heavy atom. The number of nitrogens with one attached hydrogen (secondary N) is 3. The molecular weight excluding hydrogens is 713 g/mol. The average Bonchev–Trinajstić information content (AvgIpc) is 3.89. The molecule has 1 aromatic heterocycles. The van der Waals surface area contributed by atoms with Crippen molar-refractivity contribution in [2.45, 2.75) is 99.0 Å². The molecule has 1 amide bonds. The third-order valence-electron chi connectivity index (χ3n) is 15.1. The lowest BCUT2D eigenvalue weighted by atomic mass is 9.48. The lowest BCUT2D eigenvalue weighted by molar-refractivity contribution is -0.200. The summed E-state index contributed by atoms with van der Waals surface area (Å²) in [5, 5.41) is 41.5. The number of benzene rings is 2. The second-order valence-electron chi connectivity index (χ2n) is 17.5. The number of hydrogen-bond acceptors (Lipinski definition) is 11. The predicted octanol–water partition coefficient (Wildman–Crippen LogP) is 2.79. The van der Waals surface area contributed by atoms with Crippen LogP contribution < -0.4 is 21.3 Å². The van der Waals surface area contributed by atoms with Gasteiger partial charge in [-0.3, -0.25) is 24.8 Å². The highest BCUT2D eigenvalue weighted by Crippen LogP contribution is 2.66. The fraction of sp³-hybridized carbons (Fsp3) is 0.581. The van der Waals surface area contributed by atoms with Crippen LogP contribution in [0.3, 0.4) is 0 Å². The molecule has 1 aliphatic carbocycles. The maximum Gasteiger partial charge on any atom is 0.315 e. The Bertz CT molecular complexity index is 2110. The number of carbonyl (C=O) groups is 2. The standard InChI is InChI=1S/C43H56N6O7/c1-5-40(53)21-24-18-28(33(35(50)56-4)34-26(12-16-48(22-24)23-40)25-10-7-8-11-30(25)45-34)27-19-29-31(20-32(27)55-3)46-36-42(29)14-17-49-15-9-13-41(6-2,37(42)49)38(51)43(36,54)39(52)47-44/h7-11,13,19-20,24,28,33,36-38,45-46,51,53-54H,5-6,12,14-18,21-23,44H2,1-4H3,(H,47,52)/t24-,28-,33+,36-,37+,38-,40+,41-,42+,43+/m1/s1. The van der Waals surface area contributed by atoms with Crippen LogP contribution in [-0.2, 0) is 26.2 Å². The number of aromatic amines is 1. The Balaban J connectivity index is 1.29. The number of hydrazine groups is 1. The molecule has 13 nitrogen and oxygen atoms in total. The molecule has 8 N–H and O–H groups in total. The van der Waals surface area contributed by atoms with Gasteiger partial charge in [-0.15, -0.1) is 0 Å². The number of ether oxygens (including phenoxy) is 2. The van der Waals surface area contributed by atoms with Crippen molar-refractivity contribution in [3.63, 3.8) is 0 Å². The maximum absolute atomic E-state index is 14.5. The Kier molecular flexibility index (Phi) is 8.92. The van der Waals surface area contributed by atoms with E-state index in [1.165, 1.54) is 7.11 Å². The van der Waals surface area contributed by atoms with Crippen molar-refractivity contribution in [1.29, 1.82) is 0 Å². The van der Waals surface area contributed by atoms with Gasteiger partial charge in [0.25, 0.3) is 5.91 Å². The van der Waals surface area contributed by atoms with Crippen molar-refractivity contribution in [3.8, 4) is 5.75 Å². The van der Waals surface area contributed by atoms with E-state index >= 15 is 0 Å². The number of aliphatic hydroxyl groups is 3. The molecule has 1 spiro atoms. The van der Waals surface area contributed by atoms with E-state index in [0.29, 0.717) is 69.6 Å². The smallest absolute Gasteiger partial charge is 0.315 e. The maximum atomic E-state index is 14.5. The van der Waals surface area contributed by atoms with E-state index in [2.05, 4.69) is 37.7 Å². The molecule has 2 saturated heterocycles. The lowest BCUT2D eigenvalue weighted by Crippen LogP contribution is -2.81. The third-order valence-corrected chi connectivity index (χ3v) is 15.1. The first-order chi connectivity index (χ1) is 26.9. The van der Waals surface area contributed by atoms with Crippen LogP contribution in [0.15, 0.2) is 48.6 Å². The largest absolute Gasteiger partial charge is 0.496 e. The lowest BCUT2D eigenvalue weighted by Gasteiger charge is -2.62. The van der Waals surface area contributed by atoms with Crippen LogP contribution in [0.1, 0.15) is 80.2 Å². The van der Waals surface area contributed by atoms with Gasteiger partial charge in [-0.25, -0.2) is 5.84 Å². The molecule has 13 heteroatoms. The number of nitrogens with zero attached hydrogens (tertiary/aromatic N) is 2. The van der Waals surface area contributed by atoms with E-state index in [1.807, 2.05) is 50.3 Å². The van der Waals surface area contributed by atoms with Crippen molar-refractivity contribution in [2.24, 2.45) is 17.2 Å². The molecule has 2 aromatic carbocycles. The van der Waals surface area contributed by atoms with Gasteiger partial charge in [-0.1, -0.05) is 44.2 Å². The second kappa shape index (κ2) is 13.3. The summed E-state index contributed by atoms with van der Waals surface area (Å²) in [6.07, 6.45) is 6.17. The van der Waals surface area contributed by atoms with Crippen LogP contribution >= 0.6 is 0 Å². The molecular formula is C43H56N6O7. The summed E-state index contributed by atoms with van der Waals surface area (Å²) >= 11 is 0. The number of piperidine rings is 1. The Morgan fingerprint density at radius 1 is 1.11 bits per heavy atom. The van der Waals surface area contributed by atoms with Crippen molar-refractivity contribution in [2.75, 3.05) is 52.3 Å². The summed E-state index contributed by atoms with van der Waals surface area (Å²) in [6.45, 7) is 7.55. The molecule has 6 aliphatic rings. The quantitative estimate of drug-likeness (QED) is 0.0644. The van der Waals surface area contributed by atoms with E-state index in [-0.39, 0.29) is 17.9 Å². The summed E-state index contributed by atoms with van der Waals surface area (Å²) in [6, 6.07) is 11.1. The van der Waals surface area contributed by atoms with Gasteiger partial charge in [-0.05, 0) is 79.8 Å². The second-order valence-corrected chi connectivity index (χ2v) is 17.5. The summed E-state index contributed by atoms with van der Waals surface area (Å²) in [5.41, 5.74) is 2.55. The first-order valence-electron chi connectivity index (χ1n) is 20.4. The Hall–Kier alpha value is -3.98. The number of nitrogens with two attached hydrogens (primary N) is 1. The number of fused-ring (bicyclic) bond motifs is 6. The van der Waals surface area contributed by atoms with Gasteiger partial charge >= 0.3 is 5.97 Å². The summed E-state index contributed by atoms with van der Waals surface area (Å²) in [5.74, 6) is 4.01. The first kappa shape index (κ1) is 37.6. The van der Waals surface area contributed by atoms with Gasteiger partial charge in [0, 0.05) is 77.3 Å². The number of hydrogen-bond donors (Lipinski definition) is 7. The van der Waals surface area contributed by atoms with Gasteiger partial charge in [0.2, 0.25) is 0 Å². The van der Waals surface area contributed by atoms with Crippen LogP contribution in [0.4, 0.5) is 5.69 Å². The van der Waals surface area contributed by atoms with Gasteiger partial charge in [0.15, 0.2) is 5.60 Å². The number of H-pyrrole nitrogens is 1. The first-order valence-corrected chi connectivity index (χ1v) is 20.4. The van der Waals surface area contributed by atoms with Crippen molar-refractivity contribution in [3.05, 3.63) is 70.9 Å². The molecule has 11 atom stereocenters. The number of rotatable bonds is 6. The number of aromatic nitrogens is 1. The number of amides is 1. The zero-order valence-electron chi connectivity index (χ0n) is 32.8. The van der Waals surface area contributed by atoms with E-state index < -0.39 is 51.9 Å². The molecule has 3 fully saturated rings. The summed E-state index contributed by atoms with van der Waals surface area (Å²) < 4.78 is 12.0. The molecule has 5 aliphatic heterocycles. The molecule has 6 heterocycles. The van der Waals surface area contributed by atoms with Gasteiger partial charge < -0.3 is 35.1 Å². The number of carbonyl (C=O) groups excluding carboxylic acids is 2. The zero-order valence-corrected chi connectivity index (χ0v) is 32.8. The van der Waals surface area contributed by atoms with Crippen LogP contribution in [0.25, 0.3) is 10.9 Å². The number of esters is 1. The minimum absolute atomic E-state index is 0.0557. The van der Waals surface area contributed by atoms with E-state index in [9.17, 15) is 24.9 Å². The van der Waals surface area contributed by atoms with Crippen LogP contribution in [0.2, 0.25) is 0 Å². The molecule has 9 rings (SSSR count). The van der Waals surface area contributed by atoms with Crippen molar-refractivity contribution >= 4 is 28.5 Å². The minimum Gasteiger partial charge on any atom is -0.496 e. The van der Waals surface area contributed by atoms with Crippen molar-refractivity contribution in [1.82, 2.24) is 20.2 Å². The monoisotopic (exact) mass is 768 g/mol. The number of methoxy groups -OCH3 is 2. The van der Waals surface area contributed by atoms with E-state index in [0.717, 1.165) is 46.4 Å². The highest BCUT2D eigenvalue weighted by atomic mass is 16.5. The topological polar surface area (TPSA) is 186 Å². The predicted molar refractivity (Wildman–Crippen MR) is 211 cm³/mol. The minimum atomic E-state index is -2.29. The summed E-state index contributed by atoms with van der Waals surface area (Å²) in [7, 11) is 3.07. The Labute approximate surface area is 327 Å². The molecule has 2 bridgehead atoms. The number of para-hydroxylation sites is 1. The molecule has 3 aromatic rings. The van der Waals surface area contributed by atoms with E-state index in [1.54, 1.807) is 7.11 Å². The Morgan fingerprint density at radius 3 is 2.64 bits per heavy atom. The third kappa shape index (κ3) is 5.00. The summed E-state index contributed by atoms with van der Waals surface area (Å²) in [4.78, 5) is 36.8. The van der Waals surface area contributed by atoms with Crippen LogP contribution in [-0.4, -0.2) is 118 Å². The molecule has 1 unspecified atom stereocenters. The van der Waals surface area contributed by atoms with Crippen LogP contribution in [0, 0.1) is 11.3 Å². The molecule has 56 heavy (non-hydrogen) atoms. The molecule has 0 radical (unpaired) electrons. The number of aliphatic hydroxyl groups excluding tert-OH is 1. The van der Waals surface area contributed by atoms with Gasteiger partial charge in [-0.2, -0.15) is 0 Å². The van der Waals surface area contributed by atoms with E-state index in [4.69, 9.17) is 15.3 Å². The fourth-order valence-electron chi connectivity index (χ4n) is 12.7. The van der Waals surface area contributed by atoms with Gasteiger partial charge in [0.05, 0.1) is 25.9 Å². The number of anilines is 1. The normalized spacial score (nSPS) is 38.5. The molecule has 300 valence electrons. The van der Waals surface area contributed by atoms with Gasteiger partial charge in [0.1, 0.15) is 17.8 Å². The fourth-order valence-corrected chi connectivity index (χ4v) is 12.7.